The number of hydrogen-bond acceptors (Lipinski definition) is 4. The fourth-order valence-electron chi connectivity index (χ4n) is 0.327. The maximum atomic E-state index is 9.96. The van der Waals surface area contributed by atoms with Crippen LogP contribution in [0.25, 0.3) is 0 Å². The molecule has 0 amide bonds. The van der Waals surface area contributed by atoms with Gasteiger partial charge in [-0.05, 0) is 6.92 Å². The Morgan fingerprint density at radius 3 is 2.22 bits per heavy atom. The standard InChI is InChI=1S/C3H8O5S/c1-3(8-4)2-9(5,6)7/h3-4H,2H2,1H3,(H,5,6,7). The van der Waals surface area contributed by atoms with E-state index in [-0.39, 0.29) is 0 Å². The Morgan fingerprint density at radius 2 is 2.11 bits per heavy atom. The first-order valence-electron chi connectivity index (χ1n) is 2.21. The van der Waals surface area contributed by atoms with Crippen molar-refractivity contribution in [3.05, 3.63) is 0 Å². The van der Waals surface area contributed by atoms with Gasteiger partial charge in [-0.1, -0.05) is 0 Å². The van der Waals surface area contributed by atoms with Crippen molar-refractivity contribution in [3.8, 4) is 0 Å². The van der Waals surface area contributed by atoms with E-state index >= 15 is 0 Å². The third kappa shape index (κ3) is 5.71. The fraction of sp³-hybridized carbons (Fsp3) is 1.00. The first-order chi connectivity index (χ1) is 3.95. The molecule has 0 spiro atoms. The van der Waals surface area contributed by atoms with Crippen LogP contribution in [0, 0.1) is 0 Å². The molecule has 0 radical (unpaired) electrons. The van der Waals surface area contributed by atoms with Crippen LogP contribution in [0.3, 0.4) is 0 Å². The third-order valence-electron chi connectivity index (χ3n) is 0.625. The van der Waals surface area contributed by atoms with Gasteiger partial charge in [0.2, 0.25) is 0 Å². The lowest BCUT2D eigenvalue weighted by Crippen LogP contribution is -2.18. The van der Waals surface area contributed by atoms with Crippen molar-refractivity contribution in [2.24, 2.45) is 0 Å². The van der Waals surface area contributed by atoms with Crippen LogP contribution < -0.4 is 0 Å². The molecular weight excluding hydrogens is 148 g/mol. The van der Waals surface area contributed by atoms with E-state index in [1.54, 1.807) is 0 Å². The summed E-state index contributed by atoms with van der Waals surface area (Å²) in [5.41, 5.74) is 0. The largest absolute Gasteiger partial charge is 0.285 e. The van der Waals surface area contributed by atoms with E-state index in [4.69, 9.17) is 9.81 Å². The molecule has 1 unspecified atom stereocenters. The summed E-state index contributed by atoms with van der Waals surface area (Å²) in [5, 5.41) is 7.82. The summed E-state index contributed by atoms with van der Waals surface area (Å²) in [6, 6.07) is 0. The highest BCUT2D eigenvalue weighted by Crippen LogP contribution is 1.91. The average molecular weight is 156 g/mol. The van der Waals surface area contributed by atoms with E-state index in [1.807, 2.05) is 0 Å². The Labute approximate surface area is 52.9 Å². The number of hydrogen-bond donors (Lipinski definition) is 2. The second-order valence-corrected chi connectivity index (χ2v) is 3.16. The van der Waals surface area contributed by atoms with Crippen LogP contribution in [0.15, 0.2) is 0 Å². The highest BCUT2D eigenvalue weighted by atomic mass is 32.2. The topological polar surface area (TPSA) is 83.8 Å². The molecule has 0 aliphatic heterocycles. The molecule has 5 nitrogen and oxygen atoms in total. The molecule has 0 heterocycles. The zero-order valence-electron chi connectivity index (χ0n) is 4.81. The molecule has 0 aromatic carbocycles. The smallest absolute Gasteiger partial charge is 0.267 e. The Balaban J connectivity index is 3.75. The van der Waals surface area contributed by atoms with Crippen LogP contribution in [0.5, 0.6) is 0 Å². The zero-order chi connectivity index (χ0) is 7.49. The lowest BCUT2D eigenvalue weighted by molar-refractivity contribution is -0.268. The number of rotatable bonds is 3. The van der Waals surface area contributed by atoms with Crippen molar-refractivity contribution < 1.29 is 23.1 Å². The van der Waals surface area contributed by atoms with Gasteiger partial charge in [0.1, 0.15) is 11.9 Å². The SMILES string of the molecule is CC(CS(=O)(=O)O)OO. The van der Waals surface area contributed by atoms with Crippen LogP contribution in [-0.2, 0) is 15.0 Å². The summed E-state index contributed by atoms with van der Waals surface area (Å²) >= 11 is 0. The first-order valence-corrected chi connectivity index (χ1v) is 3.82. The van der Waals surface area contributed by atoms with E-state index in [0.29, 0.717) is 0 Å². The van der Waals surface area contributed by atoms with Crippen LogP contribution >= 0.6 is 0 Å². The maximum Gasteiger partial charge on any atom is 0.267 e. The summed E-state index contributed by atoms with van der Waals surface area (Å²) in [4.78, 5) is 3.59. The minimum Gasteiger partial charge on any atom is -0.285 e. The molecule has 9 heavy (non-hydrogen) atoms. The van der Waals surface area contributed by atoms with Gasteiger partial charge in [0, 0.05) is 0 Å². The summed E-state index contributed by atoms with van der Waals surface area (Å²) in [6.45, 7) is 1.31. The normalized spacial score (nSPS) is 15.4. The molecule has 0 aliphatic rings. The lowest BCUT2D eigenvalue weighted by atomic mass is 10.5. The van der Waals surface area contributed by atoms with Gasteiger partial charge in [-0.3, -0.25) is 9.81 Å². The van der Waals surface area contributed by atoms with Crippen LogP contribution in [-0.4, -0.2) is 30.1 Å². The van der Waals surface area contributed by atoms with Gasteiger partial charge >= 0.3 is 0 Å². The molecule has 0 rings (SSSR count). The van der Waals surface area contributed by atoms with Gasteiger partial charge in [0.05, 0.1) is 0 Å². The Kier molecular flexibility index (Phi) is 3.06. The van der Waals surface area contributed by atoms with Gasteiger partial charge < -0.3 is 0 Å². The Hall–Kier alpha value is -0.170. The van der Waals surface area contributed by atoms with Gasteiger partial charge in [-0.15, -0.1) is 0 Å². The fourth-order valence-corrected chi connectivity index (χ4v) is 0.981. The molecule has 0 bridgehead atoms. The average Bonchev–Trinajstić information content (AvgIpc) is 1.62. The van der Waals surface area contributed by atoms with Crippen LogP contribution in [0.4, 0.5) is 0 Å². The summed E-state index contributed by atoms with van der Waals surface area (Å²) < 4.78 is 28.0. The van der Waals surface area contributed by atoms with Crippen LogP contribution in [0.1, 0.15) is 6.92 Å². The highest BCUT2D eigenvalue weighted by molar-refractivity contribution is 7.85. The third-order valence-corrected chi connectivity index (χ3v) is 1.52. The summed E-state index contributed by atoms with van der Waals surface area (Å²) in [6.07, 6.45) is -0.889. The molecule has 0 saturated carbocycles. The first kappa shape index (κ1) is 8.83. The predicted octanol–water partition coefficient (Wildman–Crippen LogP) is -0.248. The second-order valence-electron chi connectivity index (χ2n) is 1.66. The second kappa shape index (κ2) is 3.11. The van der Waals surface area contributed by atoms with E-state index in [2.05, 4.69) is 4.89 Å². The quantitative estimate of drug-likeness (QED) is 0.334. The summed E-state index contributed by atoms with van der Waals surface area (Å²) in [7, 11) is -4.02. The van der Waals surface area contributed by atoms with Gasteiger partial charge in [-0.2, -0.15) is 8.42 Å². The Bertz CT molecular complexity index is 159. The van der Waals surface area contributed by atoms with Gasteiger partial charge in [0.25, 0.3) is 10.1 Å². The van der Waals surface area contributed by atoms with Crippen molar-refractivity contribution >= 4 is 10.1 Å². The molecule has 56 valence electrons. The molecular formula is C3H8O5S. The van der Waals surface area contributed by atoms with Crippen molar-refractivity contribution in [1.29, 1.82) is 0 Å². The van der Waals surface area contributed by atoms with E-state index < -0.39 is 22.0 Å². The minimum atomic E-state index is -4.02. The van der Waals surface area contributed by atoms with Crippen molar-refractivity contribution in [2.45, 2.75) is 13.0 Å². The maximum absolute atomic E-state index is 9.96. The van der Waals surface area contributed by atoms with Gasteiger partial charge in [-0.25, -0.2) is 4.89 Å². The molecule has 2 N–H and O–H groups in total. The summed E-state index contributed by atoms with van der Waals surface area (Å²) in [5.74, 6) is -0.594. The molecule has 0 aliphatic carbocycles. The van der Waals surface area contributed by atoms with E-state index in [9.17, 15) is 8.42 Å². The Morgan fingerprint density at radius 1 is 1.67 bits per heavy atom. The van der Waals surface area contributed by atoms with Crippen molar-refractivity contribution in [3.63, 3.8) is 0 Å². The highest BCUT2D eigenvalue weighted by Gasteiger charge is 2.11. The molecule has 0 saturated heterocycles. The van der Waals surface area contributed by atoms with Crippen LogP contribution in [0.2, 0.25) is 0 Å². The molecule has 6 heteroatoms. The van der Waals surface area contributed by atoms with Gasteiger partial charge in [0.15, 0.2) is 0 Å². The minimum absolute atomic E-state index is 0.594. The molecule has 0 aromatic rings. The molecule has 0 aromatic heterocycles. The monoisotopic (exact) mass is 156 g/mol. The van der Waals surface area contributed by atoms with E-state index in [1.165, 1.54) is 6.92 Å². The molecule has 1 atom stereocenters. The zero-order valence-corrected chi connectivity index (χ0v) is 5.63. The molecule has 0 fully saturated rings. The lowest BCUT2D eigenvalue weighted by Gasteiger charge is -2.02. The predicted molar refractivity (Wildman–Crippen MR) is 29.6 cm³/mol. The van der Waals surface area contributed by atoms with Crippen molar-refractivity contribution in [1.82, 2.24) is 0 Å². The van der Waals surface area contributed by atoms with Crippen molar-refractivity contribution in [2.75, 3.05) is 5.75 Å². The van der Waals surface area contributed by atoms with E-state index in [0.717, 1.165) is 0 Å².